The van der Waals surface area contributed by atoms with Crippen molar-refractivity contribution >= 4 is 11.9 Å². The zero-order chi connectivity index (χ0) is 13.6. The second kappa shape index (κ2) is 4.45. The summed E-state index contributed by atoms with van der Waals surface area (Å²) < 4.78 is 5.47. The number of morpholine rings is 1. The van der Waals surface area contributed by atoms with Gasteiger partial charge in [-0.05, 0) is 32.6 Å². The van der Waals surface area contributed by atoms with E-state index in [0.29, 0.717) is 19.2 Å². The molecule has 6 nitrogen and oxygen atoms in total. The molecule has 2 atom stereocenters. The number of hydrogen-bond donors (Lipinski definition) is 1. The Hall–Kier alpha value is -1.14. The zero-order valence-corrected chi connectivity index (χ0v) is 11.5. The van der Waals surface area contributed by atoms with Crippen molar-refractivity contribution in [3.05, 3.63) is 0 Å². The Morgan fingerprint density at radius 1 is 1.42 bits per heavy atom. The molecule has 3 amide bonds. The number of imide groups is 1. The Morgan fingerprint density at radius 3 is 2.79 bits per heavy atom. The van der Waals surface area contributed by atoms with Gasteiger partial charge in [-0.2, -0.15) is 0 Å². The average molecular weight is 267 g/mol. The molecule has 2 aliphatic heterocycles. The normalized spacial score (nSPS) is 36.7. The molecule has 19 heavy (non-hydrogen) atoms. The number of hydrogen-bond acceptors (Lipinski definition) is 4. The molecule has 0 spiro atoms. The van der Waals surface area contributed by atoms with Gasteiger partial charge in [0.2, 0.25) is 0 Å². The second-order valence-corrected chi connectivity index (χ2v) is 6.04. The number of urea groups is 1. The molecule has 3 aliphatic rings. The van der Waals surface area contributed by atoms with Crippen molar-refractivity contribution in [3.63, 3.8) is 0 Å². The summed E-state index contributed by atoms with van der Waals surface area (Å²) in [5.74, 6) is 0.247. The van der Waals surface area contributed by atoms with E-state index >= 15 is 0 Å². The van der Waals surface area contributed by atoms with Crippen molar-refractivity contribution in [1.29, 1.82) is 0 Å². The van der Waals surface area contributed by atoms with Gasteiger partial charge < -0.3 is 10.1 Å². The number of ether oxygens (including phenoxy) is 1. The van der Waals surface area contributed by atoms with Crippen LogP contribution in [0.4, 0.5) is 4.79 Å². The van der Waals surface area contributed by atoms with Gasteiger partial charge >= 0.3 is 6.03 Å². The van der Waals surface area contributed by atoms with Crippen LogP contribution in [-0.2, 0) is 9.53 Å². The molecule has 0 aromatic rings. The van der Waals surface area contributed by atoms with E-state index < -0.39 is 5.54 Å². The van der Waals surface area contributed by atoms with Gasteiger partial charge in [0, 0.05) is 13.1 Å². The highest BCUT2D eigenvalue weighted by Crippen LogP contribution is 2.42. The largest absolute Gasteiger partial charge is 0.376 e. The number of rotatable bonds is 3. The zero-order valence-electron chi connectivity index (χ0n) is 11.5. The maximum Gasteiger partial charge on any atom is 0.326 e. The SMILES string of the molecule is CC1CN(CN2C(=O)NC(C)(C3CC3)C2=O)CCO1. The summed E-state index contributed by atoms with van der Waals surface area (Å²) in [5, 5.41) is 2.87. The summed E-state index contributed by atoms with van der Waals surface area (Å²) >= 11 is 0. The van der Waals surface area contributed by atoms with Crippen LogP contribution < -0.4 is 5.32 Å². The van der Waals surface area contributed by atoms with E-state index in [-0.39, 0.29) is 18.0 Å². The first-order valence-corrected chi connectivity index (χ1v) is 6.99. The van der Waals surface area contributed by atoms with Crippen LogP contribution in [0, 0.1) is 5.92 Å². The van der Waals surface area contributed by atoms with Gasteiger partial charge in [0.25, 0.3) is 5.91 Å². The molecule has 0 aromatic carbocycles. The summed E-state index contributed by atoms with van der Waals surface area (Å²) in [6, 6.07) is -0.251. The monoisotopic (exact) mass is 267 g/mol. The van der Waals surface area contributed by atoms with E-state index in [2.05, 4.69) is 10.2 Å². The van der Waals surface area contributed by atoms with Gasteiger partial charge in [0.05, 0.1) is 19.4 Å². The molecule has 2 unspecified atom stereocenters. The van der Waals surface area contributed by atoms with E-state index in [0.717, 1.165) is 25.9 Å². The van der Waals surface area contributed by atoms with Crippen LogP contribution in [-0.4, -0.2) is 59.7 Å². The summed E-state index contributed by atoms with van der Waals surface area (Å²) in [6.45, 7) is 6.42. The minimum Gasteiger partial charge on any atom is -0.376 e. The van der Waals surface area contributed by atoms with Crippen molar-refractivity contribution in [2.24, 2.45) is 5.92 Å². The van der Waals surface area contributed by atoms with Crippen molar-refractivity contribution in [1.82, 2.24) is 15.1 Å². The minimum atomic E-state index is -0.672. The second-order valence-electron chi connectivity index (χ2n) is 6.04. The number of amides is 3. The lowest BCUT2D eigenvalue weighted by Crippen LogP contribution is -2.50. The van der Waals surface area contributed by atoms with Crippen LogP contribution in [0.3, 0.4) is 0 Å². The molecule has 0 bridgehead atoms. The maximum absolute atomic E-state index is 12.5. The fourth-order valence-corrected chi connectivity index (χ4v) is 3.00. The molecular formula is C13H21N3O3. The fraction of sp³-hybridized carbons (Fsp3) is 0.846. The summed E-state index contributed by atoms with van der Waals surface area (Å²) in [4.78, 5) is 27.9. The van der Waals surface area contributed by atoms with E-state index in [1.807, 2.05) is 13.8 Å². The lowest BCUT2D eigenvalue weighted by molar-refractivity contribution is -0.134. The van der Waals surface area contributed by atoms with E-state index in [1.165, 1.54) is 4.90 Å². The van der Waals surface area contributed by atoms with E-state index in [4.69, 9.17) is 4.74 Å². The van der Waals surface area contributed by atoms with Gasteiger partial charge in [-0.1, -0.05) is 0 Å². The molecule has 1 aliphatic carbocycles. The predicted octanol–water partition coefficient (Wildman–Crippen LogP) is 0.385. The number of nitrogens with one attached hydrogen (secondary N) is 1. The highest BCUT2D eigenvalue weighted by molar-refractivity contribution is 6.07. The lowest BCUT2D eigenvalue weighted by atomic mass is 9.96. The lowest BCUT2D eigenvalue weighted by Gasteiger charge is -2.33. The third-order valence-corrected chi connectivity index (χ3v) is 4.36. The van der Waals surface area contributed by atoms with Crippen LogP contribution >= 0.6 is 0 Å². The molecule has 1 N–H and O–H groups in total. The summed E-state index contributed by atoms with van der Waals surface area (Å²) in [6.07, 6.45) is 2.22. The Kier molecular flexibility index (Phi) is 3.02. The first-order chi connectivity index (χ1) is 9.00. The molecule has 3 rings (SSSR count). The molecule has 0 radical (unpaired) electrons. The molecule has 3 fully saturated rings. The molecule has 2 saturated heterocycles. The Morgan fingerprint density at radius 2 is 2.16 bits per heavy atom. The highest BCUT2D eigenvalue weighted by atomic mass is 16.5. The van der Waals surface area contributed by atoms with Gasteiger partial charge in [-0.25, -0.2) is 9.69 Å². The molecule has 6 heteroatoms. The predicted molar refractivity (Wildman–Crippen MR) is 68.4 cm³/mol. The highest BCUT2D eigenvalue weighted by Gasteiger charge is 2.56. The van der Waals surface area contributed by atoms with Crippen LogP contribution in [0.5, 0.6) is 0 Å². The van der Waals surface area contributed by atoms with E-state index in [1.54, 1.807) is 0 Å². The summed E-state index contributed by atoms with van der Waals surface area (Å²) in [7, 11) is 0. The average Bonchev–Trinajstić information content (AvgIpc) is 3.16. The fourth-order valence-electron chi connectivity index (χ4n) is 3.00. The third-order valence-electron chi connectivity index (χ3n) is 4.36. The Bertz CT molecular complexity index is 410. The Balaban J connectivity index is 1.67. The van der Waals surface area contributed by atoms with Crippen LogP contribution in [0.25, 0.3) is 0 Å². The molecular weight excluding hydrogens is 246 g/mol. The third kappa shape index (κ3) is 2.23. The van der Waals surface area contributed by atoms with Gasteiger partial charge in [0.15, 0.2) is 0 Å². The van der Waals surface area contributed by atoms with Gasteiger partial charge in [-0.15, -0.1) is 0 Å². The summed E-state index contributed by atoms with van der Waals surface area (Å²) in [5.41, 5.74) is -0.672. The maximum atomic E-state index is 12.5. The molecule has 2 heterocycles. The first kappa shape index (κ1) is 12.9. The smallest absolute Gasteiger partial charge is 0.326 e. The molecule has 1 saturated carbocycles. The minimum absolute atomic E-state index is 0.0702. The molecule has 0 aromatic heterocycles. The van der Waals surface area contributed by atoms with Crippen molar-refractivity contribution in [2.75, 3.05) is 26.4 Å². The quantitative estimate of drug-likeness (QED) is 0.751. The van der Waals surface area contributed by atoms with Gasteiger partial charge in [-0.3, -0.25) is 9.69 Å². The van der Waals surface area contributed by atoms with Crippen LogP contribution in [0.2, 0.25) is 0 Å². The van der Waals surface area contributed by atoms with Crippen molar-refractivity contribution in [2.45, 2.75) is 38.3 Å². The van der Waals surface area contributed by atoms with Crippen molar-refractivity contribution in [3.8, 4) is 0 Å². The van der Waals surface area contributed by atoms with Crippen LogP contribution in [0.15, 0.2) is 0 Å². The topological polar surface area (TPSA) is 61.9 Å². The number of nitrogens with zero attached hydrogens (tertiary/aromatic N) is 2. The Labute approximate surface area is 113 Å². The standard InChI is InChI=1S/C13H21N3O3/c1-9-7-15(5-6-19-9)8-16-11(17)13(2,10-3-4-10)14-12(16)18/h9-10H,3-8H2,1-2H3,(H,14,18). The molecule has 106 valence electrons. The first-order valence-electron chi connectivity index (χ1n) is 6.99. The van der Waals surface area contributed by atoms with E-state index in [9.17, 15) is 9.59 Å². The van der Waals surface area contributed by atoms with Crippen molar-refractivity contribution < 1.29 is 14.3 Å². The number of carbonyl (C=O) groups is 2. The van der Waals surface area contributed by atoms with Crippen LogP contribution in [0.1, 0.15) is 26.7 Å². The number of carbonyl (C=O) groups excluding carboxylic acids is 2. The van der Waals surface area contributed by atoms with Gasteiger partial charge in [0.1, 0.15) is 5.54 Å².